The molecule has 0 heterocycles. The average molecular weight is 312 g/mol. The molecule has 1 fully saturated rings. The van der Waals surface area contributed by atoms with Gasteiger partial charge in [-0.1, -0.05) is 36.7 Å². The lowest BCUT2D eigenvalue weighted by atomic mass is 10.0. The Morgan fingerprint density at radius 3 is 2.25 bits per heavy atom. The molecule has 0 unspecified atom stereocenters. The van der Waals surface area contributed by atoms with Gasteiger partial charge in [-0.05, 0) is 30.1 Å². The van der Waals surface area contributed by atoms with Gasteiger partial charge in [0.2, 0.25) is 10.0 Å². The van der Waals surface area contributed by atoms with Crippen LogP contribution in [0.4, 0.5) is 0 Å². The molecule has 1 saturated carbocycles. The maximum atomic E-state index is 11.8. The third-order valence-electron chi connectivity index (χ3n) is 2.87. The number of nitrogens with one attached hydrogen (secondary N) is 1. The summed E-state index contributed by atoms with van der Waals surface area (Å²) < 4.78 is 26.4. The highest BCUT2D eigenvalue weighted by Crippen LogP contribution is 2.48. The number of hydrogen-bond acceptors (Lipinski definition) is 2. The SMILES string of the molecule is CC(C)(C)CS(=O)(=O)NCC1(CCBr)CC1. The minimum absolute atomic E-state index is 0.183. The van der Waals surface area contributed by atoms with Gasteiger partial charge in [-0.2, -0.15) is 0 Å². The van der Waals surface area contributed by atoms with Crippen LogP contribution in [-0.4, -0.2) is 26.0 Å². The predicted molar refractivity (Wildman–Crippen MR) is 71.3 cm³/mol. The van der Waals surface area contributed by atoms with Gasteiger partial charge >= 0.3 is 0 Å². The summed E-state index contributed by atoms with van der Waals surface area (Å²) in [6, 6.07) is 0. The quantitative estimate of drug-likeness (QED) is 0.766. The monoisotopic (exact) mass is 311 g/mol. The normalized spacial score (nSPS) is 19.8. The van der Waals surface area contributed by atoms with Crippen molar-refractivity contribution >= 4 is 26.0 Å². The molecule has 0 spiro atoms. The first-order chi connectivity index (χ1) is 7.18. The molecule has 0 aliphatic heterocycles. The summed E-state index contributed by atoms with van der Waals surface area (Å²) in [5, 5.41) is 0.952. The van der Waals surface area contributed by atoms with Gasteiger partial charge in [0.05, 0.1) is 5.75 Å². The summed E-state index contributed by atoms with van der Waals surface area (Å²) in [6.45, 7) is 6.43. The van der Waals surface area contributed by atoms with E-state index in [0.29, 0.717) is 6.54 Å². The van der Waals surface area contributed by atoms with Crippen LogP contribution in [-0.2, 0) is 10.0 Å². The van der Waals surface area contributed by atoms with E-state index < -0.39 is 10.0 Å². The summed E-state index contributed by atoms with van der Waals surface area (Å²) >= 11 is 3.42. The van der Waals surface area contributed by atoms with Crippen molar-refractivity contribution in [1.29, 1.82) is 0 Å². The van der Waals surface area contributed by atoms with Gasteiger partial charge < -0.3 is 0 Å². The summed E-state index contributed by atoms with van der Waals surface area (Å²) in [5.74, 6) is 0.199. The van der Waals surface area contributed by atoms with Gasteiger partial charge in [0.25, 0.3) is 0 Å². The predicted octanol–water partition coefficient (Wildman–Crippen LogP) is 2.52. The van der Waals surface area contributed by atoms with E-state index >= 15 is 0 Å². The second-order valence-corrected chi connectivity index (χ2v) is 8.68. The summed E-state index contributed by atoms with van der Waals surface area (Å²) in [7, 11) is -3.12. The van der Waals surface area contributed by atoms with Gasteiger partial charge in [-0.3, -0.25) is 0 Å². The highest BCUT2D eigenvalue weighted by molar-refractivity contribution is 9.09. The Bertz CT molecular complexity index is 328. The van der Waals surface area contributed by atoms with Crippen molar-refractivity contribution in [3.63, 3.8) is 0 Å². The topological polar surface area (TPSA) is 46.2 Å². The lowest BCUT2D eigenvalue weighted by molar-refractivity contribution is 0.445. The standard InChI is InChI=1S/C11H22BrNO2S/c1-10(2,3)9-16(14,15)13-8-11(4-5-11)6-7-12/h13H,4-9H2,1-3H3. The maximum Gasteiger partial charge on any atom is 0.212 e. The molecule has 1 N–H and O–H groups in total. The van der Waals surface area contributed by atoms with E-state index in [2.05, 4.69) is 20.7 Å². The first-order valence-electron chi connectivity index (χ1n) is 5.71. The fourth-order valence-electron chi connectivity index (χ4n) is 1.78. The van der Waals surface area contributed by atoms with Crippen LogP contribution in [0.15, 0.2) is 0 Å². The zero-order valence-corrected chi connectivity index (χ0v) is 12.7. The minimum Gasteiger partial charge on any atom is -0.215 e. The molecule has 0 amide bonds. The summed E-state index contributed by atoms with van der Waals surface area (Å²) in [6.07, 6.45) is 3.36. The van der Waals surface area contributed by atoms with E-state index in [1.807, 2.05) is 20.8 Å². The van der Waals surface area contributed by atoms with Gasteiger partial charge in [0, 0.05) is 11.9 Å². The first kappa shape index (κ1) is 14.5. The van der Waals surface area contributed by atoms with Crippen molar-refractivity contribution in [1.82, 2.24) is 4.72 Å². The summed E-state index contributed by atoms with van der Waals surface area (Å²) in [4.78, 5) is 0. The molecule has 1 rings (SSSR count). The van der Waals surface area contributed by atoms with Gasteiger partial charge in [-0.15, -0.1) is 0 Å². The highest BCUT2D eigenvalue weighted by Gasteiger charge is 2.42. The Balaban J connectivity index is 2.43. The van der Waals surface area contributed by atoms with Crippen molar-refractivity contribution in [3.05, 3.63) is 0 Å². The van der Waals surface area contributed by atoms with Crippen molar-refractivity contribution in [2.24, 2.45) is 10.8 Å². The van der Waals surface area contributed by atoms with E-state index in [1.165, 1.54) is 0 Å². The lowest BCUT2D eigenvalue weighted by Crippen LogP contribution is -2.36. The molecule has 0 aromatic heterocycles. The van der Waals surface area contributed by atoms with Gasteiger partial charge in [0.15, 0.2) is 0 Å². The van der Waals surface area contributed by atoms with Crippen LogP contribution < -0.4 is 4.72 Å². The number of halogens is 1. The van der Waals surface area contributed by atoms with Crippen molar-refractivity contribution in [2.75, 3.05) is 17.6 Å². The van der Waals surface area contributed by atoms with E-state index in [1.54, 1.807) is 0 Å². The second kappa shape index (κ2) is 4.94. The molecular weight excluding hydrogens is 290 g/mol. The number of sulfonamides is 1. The Hall–Kier alpha value is 0.390. The molecule has 1 aliphatic rings. The van der Waals surface area contributed by atoms with Crippen LogP contribution >= 0.6 is 15.9 Å². The molecule has 0 atom stereocenters. The smallest absolute Gasteiger partial charge is 0.212 e. The molecule has 3 nitrogen and oxygen atoms in total. The Kier molecular flexibility index (Phi) is 4.46. The second-order valence-electron chi connectivity index (χ2n) is 6.08. The van der Waals surface area contributed by atoms with E-state index in [4.69, 9.17) is 0 Å². The van der Waals surface area contributed by atoms with Crippen LogP contribution in [0.5, 0.6) is 0 Å². The van der Waals surface area contributed by atoms with E-state index in [-0.39, 0.29) is 16.6 Å². The van der Waals surface area contributed by atoms with Crippen molar-refractivity contribution in [3.8, 4) is 0 Å². The third-order valence-corrected chi connectivity index (χ3v) is 5.10. The Morgan fingerprint density at radius 2 is 1.88 bits per heavy atom. The molecule has 1 aliphatic carbocycles. The third kappa shape index (κ3) is 5.15. The maximum absolute atomic E-state index is 11.8. The largest absolute Gasteiger partial charge is 0.215 e. The van der Waals surface area contributed by atoms with Crippen LogP contribution in [0.2, 0.25) is 0 Å². The average Bonchev–Trinajstić information content (AvgIpc) is 2.79. The van der Waals surface area contributed by atoms with Crippen molar-refractivity contribution in [2.45, 2.75) is 40.0 Å². The zero-order chi connectivity index (χ0) is 12.4. The van der Waals surface area contributed by atoms with Crippen molar-refractivity contribution < 1.29 is 8.42 Å². The van der Waals surface area contributed by atoms with Gasteiger partial charge in [0.1, 0.15) is 0 Å². The van der Waals surface area contributed by atoms with Crippen LogP contribution in [0.25, 0.3) is 0 Å². The molecule has 0 bridgehead atoms. The number of rotatable bonds is 6. The molecule has 96 valence electrons. The van der Waals surface area contributed by atoms with Crippen LogP contribution in [0.1, 0.15) is 40.0 Å². The van der Waals surface area contributed by atoms with E-state index in [9.17, 15) is 8.42 Å². The fraction of sp³-hybridized carbons (Fsp3) is 1.00. The molecule has 5 heteroatoms. The van der Waals surface area contributed by atoms with Crippen LogP contribution in [0.3, 0.4) is 0 Å². The lowest BCUT2D eigenvalue weighted by Gasteiger charge is -2.20. The molecule has 0 aromatic carbocycles. The highest BCUT2D eigenvalue weighted by atomic mass is 79.9. The first-order valence-corrected chi connectivity index (χ1v) is 8.49. The van der Waals surface area contributed by atoms with E-state index in [0.717, 1.165) is 24.6 Å². The molecule has 0 aromatic rings. The summed E-state index contributed by atoms with van der Waals surface area (Å²) in [5.41, 5.74) is 0.0619. The molecule has 0 saturated heterocycles. The number of hydrogen-bond donors (Lipinski definition) is 1. The molecule has 16 heavy (non-hydrogen) atoms. The molecule has 0 radical (unpaired) electrons. The minimum atomic E-state index is -3.12. The molecular formula is C11H22BrNO2S. The zero-order valence-electron chi connectivity index (χ0n) is 10.3. The van der Waals surface area contributed by atoms with Gasteiger partial charge in [-0.25, -0.2) is 13.1 Å². The fourth-order valence-corrected chi connectivity index (χ4v) is 4.39. The Morgan fingerprint density at radius 1 is 1.31 bits per heavy atom. The Labute approximate surface area is 108 Å². The van der Waals surface area contributed by atoms with Crippen LogP contribution in [0, 0.1) is 10.8 Å². The number of alkyl halides is 1.